The predicted octanol–water partition coefficient (Wildman–Crippen LogP) is 4.91. The monoisotopic (exact) mass is 448 g/mol. The third kappa shape index (κ3) is 3.82. The quantitative estimate of drug-likeness (QED) is 0.518. The van der Waals surface area contributed by atoms with Gasteiger partial charge in [-0.1, -0.05) is 60.1 Å². The Morgan fingerprint density at radius 3 is 2.78 bits per heavy atom. The smallest absolute Gasteiger partial charge is 0.417 e. The van der Waals surface area contributed by atoms with E-state index in [-0.39, 0.29) is 24.9 Å². The first-order chi connectivity index (χ1) is 15.6. The molecule has 1 fully saturated rings. The summed E-state index contributed by atoms with van der Waals surface area (Å²) < 4.78 is 11.0. The Hall–Kier alpha value is -3.38. The van der Waals surface area contributed by atoms with Crippen molar-refractivity contribution in [1.29, 1.82) is 0 Å². The normalized spacial score (nSPS) is 18.1. The van der Waals surface area contributed by atoms with Crippen molar-refractivity contribution >= 4 is 23.6 Å². The summed E-state index contributed by atoms with van der Waals surface area (Å²) in [6.45, 7) is 0.786. The second kappa shape index (κ2) is 8.63. The summed E-state index contributed by atoms with van der Waals surface area (Å²) in [6.07, 6.45) is 1.89. The molecular formula is C25H21ClN2O4. The third-order valence-corrected chi connectivity index (χ3v) is 6.31. The van der Waals surface area contributed by atoms with Crippen LogP contribution in [0, 0.1) is 0 Å². The molecule has 0 bridgehead atoms. The van der Waals surface area contributed by atoms with Crippen LogP contribution in [0.1, 0.15) is 40.6 Å². The fourth-order valence-electron chi connectivity index (χ4n) is 4.36. The second-order valence-electron chi connectivity index (χ2n) is 7.87. The van der Waals surface area contributed by atoms with Gasteiger partial charge in [0.05, 0.1) is 6.61 Å². The number of pyridine rings is 1. The molecule has 0 saturated carbocycles. The standard InChI is InChI=1S/C25H21ClN2O4/c26-24-19(7-4-11-27-24)20(18-9-8-17-10-12-31-22(17)13-18)14-23(29)28-21(15-32-25(28)30)16-5-2-1-3-6-16/h1-9,11,13,20-21H,10,12,14-15H2/t20?,21-/m1/s1. The van der Waals surface area contributed by atoms with Gasteiger partial charge in [-0.15, -0.1) is 0 Å². The highest BCUT2D eigenvalue weighted by Crippen LogP contribution is 2.38. The summed E-state index contributed by atoms with van der Waals surface area (Å²) in [5.41, 5.74) is 3.61. The van der Waals surface area contributed by atoms with Gasteiger partial charge < -0.3 is 9.47 Å². The molecular weight excluding hydrogens is 428 g/mol. The molecule has 7 heteroatoms. The third-order valence-electron chi connectivity index (χ3n) is 5.99. The molecule has 0 spiro atoms. The number of ether oxygens (including phenoxy) is 2. The highest BCUT2D eigenvalue weighted by Gasteiger charge is 2.40. The van der Waals surface area contributed by atoms with Gasteiger partial charge in [-0.3, -0.25) is 4.79 Å². The average molecular weight is 449 g/mol. The molecule has 6 nitrogen and oxygen atoms in total. The molecule has 3 heterocycles. The summed E-state index contributed by atoms with van der Waals surface area (Å²) in [6, 6.07) is 18.6. The molecule has 2 aliphatic rings. The molecule has 2 aliphatic heterocycles. The topological polar surface area (TPSA) is 68.7 Å². The van der Waals surface area contributed by atoms with Crippen molar-refractivity contribution in [3.8, 4) is 5.75 Å². The lowest BCUT2D eigenvalue weighted by Crippen LogP contribution is -2.35. The lowest BCUT2D eigenvalue weighted by Gasteiger charge is -2.24. The number of hydrogen-bond acceptors (Lipinski definition) is 5. The van der Waals surface area contributed by atoms with Crippen LogP contribution in [0.25, 0.3) is 0 Å². The van der Waals surface area contributed by atoms with Crippen LogP contribution in [0.5, 0.6) is 5.75 Å². The minimum absolute atomic E-state index is 0.0443. The van der Waals surface area contributed by atoms with Crippen LogP contribution in [-0.4, -0.2) is 35.1 Å². The van der Waals surface area contributed by atoms with Gasteiger partial charge in [0.25, 0.3) is 0 Å². The van der Waals surface area contributed by atoms with Gasteiger partial charge in [-0.05, 0) is 34.4 Å². The molecule has 2 amide bonds. The van der Waals surface area contributed by atoms with Gasteiger partial charge in [0.1, 0.15) is 23.6 Å². The predicted molar refractivity (Wildman–Crippen MR) is 119 cm³/mol. The summed E-state index contributed by atoms with van der Waals surface area (Å²) in [4.78, 5) is 31.4. The van der Waals surface area contributed by atoms with Crippen molar-refractivity contribution in [1.82, 2.24) is 9.88 Å². The van der Waals surface area contributed by atoms with Gasteiger partial charge >= 0.3 is 6.09 Å². The molecule has 0 radical (unpaired) electrons. The fourth-order valence-corrected chi connectivity index (χ4v) is 4.61. The van der Waals surface area contributed by atoms with Gasteiger partial charge in [-0.2, -0.15) is 0 Å². The second-order valence-corrected chi connectivity index (χ2v) is 8.23. The van der Waals surface area contributed by atoms with Gasteiger partial charge in [0, 0.05) is 25.0 Å². The van der Waals surface area contributed by atoms with Gasteiger partial charge in [-0.25, -0.2) is 14.7 Å². The van der Waals surface area contributed by atoms with E-state index in [1.165, 1.54) is 4.90 Å². The van der Waals surface area contributed by atoms with Crippen LogP contribution < -0.4 is 4.74 Å². The first-order valence-corrected chi connectivity index (χ1v) is 10.9. The molecule has 1 saturated heterocycles. The van der Waals surface area contributed by atoms with Gasteiger partial charge in [0.15, 0.2) is 0 Å². The Morgan fingerprint density at radius 1 is 1.12 bits per heavy atom. The number of carbonyl (C=O) groups excluding carboxylic acids is 2. The first kappa shape index (κ1) is 20.5. The van der Waals surface area contributed by atoms with Crippen LogP contribution in [-0.2, 0) is 16.0 Å². The Bertz CT molecular complexity index is 1170. The Balaban J connectivity index is 1.49. The molecule has 162 valence electrons. The van der Waals surface area contributed by atoms with Crippen LogP contribution in [0.4, 0.5) is 4.79 Å². The van der Waals surface area contributed by atoms with E-state index >= 15 is 0 Å². The Kier molecular flexibility index (Phi) is 5.53. The number of cyclic esters (lactones) is 1. The largest absolute Gasteiger partial charge is 0.493 e. The maximum absolute atomic E-state index is 13.5. The van der Waals surface area contributed by atoms with Crippen LogP contribution >= 0.6 is 11.6 Å². The van der Waals surface area contributed by atoms with Gasteiger partial charge in [0.2, 0.25) is 5.91 Å². The maximum atomic E-state index is 13.5. The summed E-state index contributed by atoms with van der Waals surface area (Å²) in [5.74, 6) is 0.110. The van der Waals surface area contributed by atoms with Crippen molar-refractivity contribution in [3.63, 3.8) is 0 Å². The summed E-state index contributed by atoms with van der Waals surface area (Å²) in [7, 11) is 0. The minimum Gasteiger partial charge on any atom is -0.493 e. The van der Waals surface area contributed by atoms with Crippen LogP contribution in [0.2, 0.25) is 5.15 Å². The number of nitrogens with zero attached hydrogens (tertiary/aromatic N) is 2. The molecule has 2 atom stereocenters. The lowest BCUT2D eigenvalue weighted by molar-refractivity contribution is -0.129. The van der Waals surface area contributed by atoms with E-state index in [0.29, 0.717) is 11.8 Å². The molecule has 0 aliphatic carbocycles. The average Bonchev–Trinajstić information content (AvgIpc) is 3.44. The van der Waals surface area contributed by atoms with Crippen molar-refractivity contribution in [2.45, 2.75) is 24.8 Å². The first-order valence-electron chi connectivity index (χ1n) is 10.5. The van der Waals surface area contributed by atoms with E-state index in [4.69, 9.17) is 21.1 Å². The van der Waals surface area contributed by atoms with E-state index in [1.54, 1.807) is 12.3 Å². The fraction of sp³-hybridized carbons (Fsp3) is 0.240. The SMILES string of the molecule is O=C(CC(c1ccc2c(c1)OCC2)c1cccnc1Cl)N1C(=O)OC[C@@H]1c1ccccc1. The highest BCUT2D eigenvalue weighted by molar-refractivity contribution is 6.30. The number of amides is 2. The molecule has 0 N–H and O–H groups in total. The summed E-state index contributed by atoms with van der Waals surface area (Å²) in [5, 5.41) is 0.329. The number of rotatable bonds is 5. The van der Waals surface area contributed by atoms with E-state index in [0.717, 1.165) is 34.4 Å². The highest BCUT2D eigenvalue weighted by atomic mass is 35.5. The van der Waals surface area contributed by atoms with Crippen molar-refractivity contribution in [2.75, 3.05) is 13.2 Å². The zero-order valence-electron chi connectivity index (χ0n) is 17.2. The molecule has 5 rings (SSSR count). The minimum atomic E-state index is -0.628. The Labute approximate surface area is 190 Å². The lowest BCUT2D eigenvalue weighted by atomic mass is 9.88. The molecule has 1 aromatic heterocycles. The molecule has 2 aromatic carbocycles. The van der Waals surface area contributed by atoms with Crippen molar-refractivity contribution in [2.24, 2.45) is 0 Å². The molecule has 32 heavy (non-hydrogen) atoms. The van der Waals surface area contributed by atoms with E-state index < -0.39 is 12.1 Å². The molecule has 1 unspecified atom stereocenters. The number of aromatic nitrogens is 1. The number of carbonyl (C=O) groups is 2. The van der Waals surface area contributed by atoms with E-state index in [1.807, 2.05) is 54.6 Å². The van der Waals surface area contributed by atoms with Crippen LogP contribution in [0.3, 0.4) is 0 Å². The summed E-state index contributed by atoms with van der Waals surface area (Å²) >= 11 is 6.42. The number of halogens is 1. The van der Waals surface area contributed by atoms with E-state index in [2.05, 4.69) is 4.98 Å². The maximum Gasteiger partial charge on any atom is 0.417 e. The van der Waals surface area contributed by atoms with Crippen molar-refractivity contribution in [3.05, 3.63) is 94.3 Å². The number of fused-ring (bicyclic) bond motifs is 1. The number of benzene rings is 2. The molecule has 3 aromatic rings. The number of imide groups is 1. The Morgan fingerprint density at radius 2 is 1.97 bits per heavy atom. The van der Waals surface area contributed by atoms with E-state index in [9.17, 15) is 9.59 Å². The zero-order valence-corrected chi connectivity index (χ0v) is 18.0. The van der Waals surface area contributed by atoms with Crippen LogP contribution in [0.15, 0.2) is 66.9 Å². The van der Waals surface area contributed by atoms with Crippen molar-refractivity contribution < 1.29 is 19.1 Å². The zero-order chi connectivity index (χ0) is 22.1. The number of hydrogen-bond donors (Lipinski definition) is 0.